The number of alkyl halides is 6. The van der Waals surface area contributed by atoms with E-state index in [4.69, 9.17) is 5.11 Å². The zero-order valence-corrected chi connectivity index (χ0v) is 13.8. The quantitative estimate of drug-likeness (QED) is 0.445. The summed E-state index contributed by atoms with van der Waals surface area (Å²) in [5.41, 5.74) is -8.39. The van der Waals surface area contributed by atoms with Gasteiger partial charge >= 0.3 is 18.4 Å². The average molecular weight is 417 g/mol. The Bertz CT molecular complexity index is 760. The Hall–Kier alpha value is -2.77. The van der Waals surface area contributed by atoms with Gasteiger partial charge in [0, 0.05) is 37.8 Å². The molecule has 1 heterocycles. The van der Waals surface area contributed by atoms with Crippen molar-refractivity contribution < 1.29 is 46.3 Å². The third-order valence-corrected chi connectivity index (χ3v) is 4.30. The summed E-state index contributed by atoms with van der Waals surface area (Å²) in [6.45, 7) is -0.253. The van der Waals surface area contributed by atoms with Crippen molar-refractivity contribution in [2.75, 3.05) is 31.1 Å². The molecule has 1 amide bonds. The molecule has 8 nitrogen and oxygen atoms in total. The molecule has 1 aliphatic rings. The van der Waals surface area contributed by atoms with Gasteiger partial charge in [0.1, 0.15) is 5.69 Å². The predicted octanol–water partition coefficient (Wildman–Crippen LogP) is 2.71. The average Bonchev–Trinajstić information content (AvgIpc) is 2.58. The molecular weight excluding hydrogens is 404 g/mol. The maximum Gasteiger partial charge on any atom is 0.430 e. The van der Waals surface area contributed by atoms with E-state index in [1.165, 1.54) is 4.90 Å². The number of nitrogens with zero attached hydrogens (tertiary/aromatic N) is 3. The minimum Gasteiger partial charge on any atom is -0.465 e. The summed E-state index contributed by atoms with van der Waals surface area (Å²) in [4.78, 5) is 23.2. The summed E-state index contributed by atoms with van der Waals surface area (Å²) < 4.78 is 77.9. The van der Waals surface area contributed by atoms with Gasteiger partial charge in [-0.3, -0.25) is 10.1 Å². The number of piperazine rings is 1. The molecule has 0 atom stereocenters. The Morgan fingerprint density at radius 3 is 1.93 bits per heavy atom. The Kier molecular flexibility index (Phi) is 5.38. The number of carboxylic acid groups (broad SMARTS) is 1. The second kappa shape index (κ2) is 7.00. The van der Waals surface area contributed by atoms with Gasteiger partial charge in [0.25, 0.3) is 11.3 Å². The van der Waals surface area contributed by atoms with Crippen LogP contribution in [-0.2, 0) is 5.60 Å². The van der Waals surface area contributed by atoms with Gasteiger partial charge in [0.15, 0.2) is 0 Å². The van der Waals surface area contributed by atoms with Gasteiger partial charge in [-0.05, 0) is 6.07 Å². The van der Waals surface area contributed by atoms with Gasteiger partial charge in [-0.1, -0.05) is 6.07 Å². The monoisotopic (exact) mass is 417 g/mol. The zero-order valence-electron chi connectivity index (χ0n) is 13.8. The van der Waals surface area contributed by atoms with Crippen LogP contribution in [0.4, 0.5) is 42.5 Å². The Balaban J connectivity index is 2.49. The van der Waals surface area contributed by atoms with Gasteiger partial charge < -0.3 is 20.0 Å². The minimum absolute atomic E-state index is 0.0277. The molecule has 156 valence electrons. The van der Waals surface area contributed by atoms with Gasteiger partial charge in [-0.25, -0.2) is 4.79 Å². The first-order chi connectivity index (χ1) is 12.7. The highest BCUT2D eigenvalue weighted by atomic mass is 19.4. The van der Waals surface area contributed by atoms with E-state index in [0.717, 1.165) is 4.90 Å². The van der Waals surface area contributed by atoms with E-state index in [1.54, 1.807) is 0 Å². The summed E-state index contributed by atoms with van der Waals surface area (Å²) in [7, 11) is 0. The van der Waals surface area contributed by atoms with E-state index in [9.17, 15) is 46.4 Å². The van der Waals surface area contributed by atoms with E-state index in [1.807, 2.05) is 0 Å². The van der Waals surface area contributed by atoms with Crippen molar-refractivity contribution in [1.29, 1.82) is 0 Å². The first kappa shape index (κ1) is 21.5. The van der Waals surface area contributed by atoms with Crippen molar-refractivity contribution in [2.45, 2.75) is 18.0 Å². The number of benzene rings is 1. The SMILES string of the molecule is O=C(O)N1CCN(c2ccc(C(O)(C(F)(F)F)C(F)(F)F)cc2[N+](=O)[O-])CC1. The van der Waals surface area contributed by atoms with Crippen LogP contribution in [0.3, 0.4) is 0 Å². The molecule has 2 N–H and O–H groups in total. The largest absolute Gasteiger partial charge is 0.465 e. The summed E-state index contributed by atoms with van der Waals surface area (Å²) >= 11 is 0. The number of amides is 1. The van der Waals surface area contributed by atoms with E-state index in [0.29, 0.717) is 12.1 Å². The number of anilines is 1. The molecule has 14 heteroatoms. The van der Waals surface area contributed by atoms with Crippen molar-refractivity contribution in [1.82, 2.24) is 4.90 Å². The Morgan fingerprint density at radius 2 is 1.54 bits per heavy atom. The highest BCUT2D eigenvalue weighted by Crippen LogP contribution is 2.51. The van der Waals surface area contributed by atoms with E-state index in [-0.39, 0.29) is 37.9 Å². The molecule has 0 aromatic heterocycles. The van der Waals surface area contributed by atoms with Crippen LogP contribution in [0, 0.1) is 10.1 Å². The molecule has 0 aliphatic carbocycles. The standard InChI is InChI=1S/C14H13F6N3O5/c15-13(16,17)12(26,14(18,19)20)8-1-2-9(10(7-8)23(27)28)21-3-5-22(6-4-21)11(24)25/h1-2,7,26H,3-6H2,(H,24,25). The molecule has 1 aromatic rings. The summed E-state index contributed by atoms with van der Waals surface area (Å²) in [5.74, 6) is 0. The maximum atomic E-state index is 13.0. The number of hydrogen-bond acceptors (Lipinski definition) is 5. The van der Waals surface area contributed by atoms with Crippen molar-refractivity contribution in [3.05, 3.63) is 33.9 Å². The van der Waals surface area contributed by atoms with E-state index in [2.05, 4.69) is 0 Å². The van der Waals surface area contributed by atoms with Crippen LogP contribution in [0.1, 0.15) is 5.56 Å². The summed E-state index contributed by atoms with van der Waals surface area (Å²) in [5, 5.41) is 29.5. The fourth-order valence-corrected chi connectivity index (χ4v) is 2.79. The first-order valence-electron chi connectivity index (χ1n) is 7.57. The second-order valence-corrected chi connectivity index (χ2v) is 5.92. The Morgan fingerprint density at radius 1 is 1.04 bits per heavy atom. The molecule has 0 saturated carbocycles. The lowest BCUT2D eigenvalue weighted by Gasteiger charge is -2.35. The maximum absolute atomic E-state index is 13.0. The topological polar surface area (TPSA) is 107 Å². The normalized spacial score (nSPS) is 16.2. The van der Waals surface area contributed by atoms with Crippen LogP contribution in [0.2, 0.25) is 0 Å². The van der Waals surface area contributed by atoms with Crippen LogP contribution in [0.15, 0.2) is 18.2 Å². The van der Waals surface area contributed by atoms with Crippen LogP contribution >= 0.6 is 0 Å². The fourth-order valence-electron chi connectivity index (χ4n) is 2.79. The van der Waals surface area contributed by atoms with Crippen molar-refractivity contribution in [2.24, 2.45) is 0 Å². The number of aliphatic hydroxyl groups is 1. The number of nitro groups is 1. The molecular formula is C14H13F6N3O5. The molecule has 1 aliphatic heterocycles. The lowest BCUT2D eigenvalue weighted by molar-refractivity contribution is -0.386. The third-order valence-electron chi connectivity index (χ3n) is 4.30. The van der Waals surface area contributed by atoms with E-state index < -0.39 is 40.2 Å². The summed E-state index contributed by atoms with van der Waals surface area (Å²) in [6, 6.07) is 1.01. The number of rotatable bonds is 3. The second-order valence-electron chi connectivity index (χ2n) is 5.92. The van der Waals surface area contributed by atoms with Crippen molar-refractivity contribution in [3.8, 4) is 0 Å². The molecule has 28 heavy (non-hydrogen) atoms. The number of halogens is 6. The number of carbonyl (C=O) groups is 1. The minimum atomic E-state index is -6.17. The third kappa shape index (κ3) is 3.63. The highest BCUT2D eigenvalue weighted by molar-refractivity contribution is 5.68. The lowest BCUT2D eigenvalue weighted by Crippen LogP contribution is -2.54. The number of hydrogen-bond donors (Lipinski definition) is 2. The predicted molar refractivity (Wildman–Crippen MR) is 80.9 cm³/mol. The van der Waals surface area contributed by atoms with Gasteiger partial charge in [-0.2, -0.15) is 26.3 Å². The fraction of sp³-hybridized carbons (Fsp3) is 0.500. The molecule has 1 saturated heterocycles. The zero-order chi connectivity index (χ0) is 21.5. The lowest BCUT2D eigenvalue weighted by atomic mass is 9.91. The molecule has 0 spiro atoms. The van der Waals surface area contributed by atoms with Gasteiger partial charge in [0.05, 0.1) is 4.92 Å². The molecule has 1 aromatic carbocycles. The molecule has 2 rings (SSSR count). The molecule has 0 radical (unpaired) electrons. The summed E-state index contributed by atoms with van der Waals surface area (Å²) in [6.07, 6.45) is -13.6. The van der Waals surface area contributed by atoms with Crippen LogP contribution < -0.4 is 4.90 Å². The molecule has 1 fully saturated rings. The van der Waals surface area contributed by atoms with E-state index >= 15 is 0 Å². The molecule has 0 bridgehead atoms. The van der Waals surface area contributed by atoms with Crippen LogP contribution in [-0.4, -0.2) is 64.7 Å². The molecule has 0 unspecified atom stereocenters. The van der Waals surface area contributed by atoms with Crippen molar-refractivity contribution in [3.63, 3.8) is 0 Å². The van der Waals surface area contributed by atoms with Gasteiger partial charge in [0.2, 0.25) is 0 Å². The van der Waals surface area contributed by atoms with Gasteiger partial charge in [-0.15, -0.1) is 0 Å². The number of nitro benzene ring substituents is 1. The first-order valence-corrected chi connectivity index (χ1v) is 7.57. The van der Waals surface area contributed by atoms with Crippen LogP contribution in [0.5, 0.6) is 0 Å². The smallest absolute Gasteiger partial charge is 0.430 e. The van der Waals surface area contributed by atoms with Crippen LogP contribution in [0.25, 0.3) is 0 Å². The Labute approximate surface area is 152 Å². The highest BCUT2D eigenvalue weighted by Gasteiger charge is 2.71. The van der Waals surface area contributed by atoms with Crippen molar-refractivity contribution >= 4 is 17.5 Å².